The van der Waals surface area contributed by atoms with E-state index in [9.17, 15) is 9.50 Å². The van der Waals surface area contributed by atoms with Gasteiger partial charge in [-0.15, -0.1) is 0 Å². The summed E-state index contributed by atoms with van der Waals surface area (Å²) in [6, 6.07) is 4.16. The third-order valence-electron chi connectivity index (χ3n) is 3.95. The van der Waals surface area contributed by atoms with Gasteiger partial charge in [0.1, 0.15) is 11.6 Å². The first kappa shape index (κ1) is 14.3. The number of phenolic OH excluding ortho intramolecular Hbond substituents is 1. The normalized spacial score (nSPS) is 17.8. The number of nitrogens with zero attached hydrogens (tertiary/aromatic N) is 1. The smallest absolute Gasteiger partial charge is 0.123 e. The highest BCUT2D eigenvalue weighted by atomic mass is 19.1. The summed E-state index contributed by atoms with van der Waals surface area (Å²) in [7, 11) is 1.99. The Hall–Kier alpha value is -1.13. The topological polar surface area (TPSA) is 35.5 Å². The van der Waals surface area contributed by atoms with Gasteiger partial charge in [0.05, 0.1) is 0 Å². The quantitative estimate of drug-likeness (QED) is 0.859. The van der Waals surface area contributed by atoms with E-state index < -0.39 is 0 Å². The fourth-order valence-corrected chi connectivity index (χ4v) is 2.70. The molecule has 3 nitrogen and oxygen atoms in total. The molecule has 4 heteroatoms. The van der Waals surface area contributed by atoms with E-state index in [0.717, 1.165) is 25.6 Å². The lowest BCUT2D eigenvalue weighted by atomic mass is 9.93. The Morgan fingerprint density at radius 3 is 2.79 bits per heavy atom. The largest absolute Gasteiger partial charge is 0.508 e. The molecular weight excluding hydrogens is 243 g/mol. The molecule has 1 aromatic rings. The summed E-state index contributed by atoms with van der Waals surface area (Å²) in [4.78, 5) is 2.30. The monoisotopic (exact) mass is 266 g/mol. The lowest BCUT2D eigenvalue weighted by molar-refractivity contribution is 0.171. The first-order chi connectivity index (χ1) is 9.19. The van der Waals surface area contributed by atoms with Crippen molar-refractivity contribution < 1.29 is 9.50 Å². The number of piperidine rings is 1. The average Bonchev–Trinajstić information content (AvgIpc) is 2.42. The zero-order valence-electron chi connectivity index (χ0n) is 11.5. The summed E-state index contributed by atoms with van der Waals surface area (Å²) in [5, 5.41) is 12.9. The number of hydrogen-bond acceptors (Lipinski definition) is 3. The van der Waals surface area contributed by atoms with Gasteiger partial charge < -0.3 is 10.4 Å². The molecule has 0 bridgehead atoms. The molecule has 2 N–H and O–H groups in total. The van der Waals surface area contributed by atoms with Crippen LogP contribution in [0.4, 0.5) is 4.39 Å². The highest BCUT2D eigenvalue weighted by Crippen LogP contribution is 2.24. The van der Waals surface area contributed by atoms with E-state index in [1.54, 1.807) is 0 Å². The summed E-state index contributed by atoms with van der Waals surface area (Å²) in [5.74, 6) is 0.709. The minimum Gasteiger partial charge on any atom is -0.508 e. The van der Waals surface area contributed by atoms with Gasteiger partial charge in [-0.05, 0) is 70.1 Å². The summed E-state index contributed by atoms with van der Waals surface area (Å²) in [6.07, 6.45) is 3.62. The number of likely N-dealkylation sites (tertiary alicyclic amines) is 1. The molecule has 0 spiro atoms. The van der Waals surface area contributed by atoms with Crippen molar-refractivity contribution in [2.75, 3.05) is 26.7 Å². The Morgan fingerprint density at radius 2 is 2.11 bits per heavy atom. The molecule has 0 saturated carbocycles. The van der Waals surface area contributed by atoms with Crippen LogP contribution in [0, 0.1) is 11.7 Å². The van der Waals surface area contributed by atoms with Gasteiger partial charge in [-0.1, -0.05) is 0 Å². The molecular formula is C15H23FN2O. The molecule has 0 aromatic heterocycles. The van der Waals surface area contributed by atoms with E-state index in [4.69, 9.17) is 0 Å². The Labute approximate surface area is 114 Å². The molecule has 19 heavy (non-hydrogen) atoms. The van der Waals surface area contributed by atoms with E-state index >= 15 is 0 Å². The first-order valence-corrected chi connectivity index (χ1v) is 7.03. The molecule has 106 valence electrons. The summed E-state index contributed by atoms with van der Waals surface area (Å²) in [6.45, 7) is 3.78. The molecule has 2 rings (SSSR count). The van der Waals surface area contributed by atoms with Crippen LogP contribution in [0.25, 0.3) is 0 Å². The summed E-state index contributed by atoms with van der Waals surface area (Å²) >= 11 is 0. The van der Waals surface area contributed by atoms with Crippen molar-refractivity contribution in [3.8, 4) is 5.75 Å². The third kappa shape index (κ3) is 4.18. The van der Waals surface area contributed by atoms with Gasteiger partial charge in [0, 0.05) is 12.1 Å². The zero-order chi connectivity index (χ0) is 13.7. The minimum atomic E-state index is -0.281. The van der Waals surface area contributed by atoms with Crippen LogP contribution < -0.4 is 5.32 Å². The fraction of sp³-hybridized carbons (Fsp3) is 0.600. The number of benzene rings is 1. The van der Waals surface area contributed by atoms with Crippen molar-refractivity contribution >= 4 is 0 Å². The van der Waals surface area contributed by atoms with Crippen LogP contribution >= 0.6 is 0 Å². The van der Waals surface area contributed by atoms with Crippen molar-refractivity contribution in [2.45, 2.75) is 25.8 Å². The van der Waals surface area contributed by atoms with Crippen LogP contribution in [-0.2, 0) is 6.54 Å². The number of aromatic hydroxyl groups is 1. The highest BCUT2D eigenvalue weighted by molar-refractivity contribution is 5.32. The molecule has 1 fully saturated rings. The highest BCUT2D eigenvalue weighted by Gasteiger charge is 2.19. The fourth-order valence-electron chi connectivity index (χ4n) is 2.70. The molecule has 0 radical (unpaired) electrons. The second-order valence-corrected chi connectivity index (χ2v) is 5.38. The van der Waals surface area contributed by atoms with Gasteiger partial charge in [0.15, 0.2) is 0 Å². The maximum atomic E-state index is 13.2. The van der Waals surface area contributed by atoms with Crippen LogP contribution in [0.5, 0.6) is 5.75 Å². The molecule has 0 unspecified atom stereocenters. The Bertz CT molecular complexity index is 403. The van der Waals surface area contributed by atoms with Crippen LogP contribution in [0.2, 0.25) is 0 Å². The SMILES string of the molecule is CNCCC1CCN(Cc2cc(F)ccc2O)CC1. The van der Waals surface area contributed by atoms with Crippen molar-refractivity contribution in [3.05, 3.63) is 29.6 Å². The molecule has 1 aliphatic rings. The van der Waals surface area contributed by atoms with Crippen molar-refractivity contribution in [3.63, 3.8) is 0 Å². The van der Waals surface area contributed by atoms with Crippen molar-refractivity contribution in [1.29, 1.82) is 0 Å². The van der Waals surface area contributed by atoms with Gasteiger partial charge in [-0.2, -0.15) is 0 Å². The van der Waals surface area contributed by atoms with Gasteiger partial charge in [0.2, 0.25) is 0 Å². The predicted octanol–water partition coefficient (Wildman–Crippen LogP) is 2.35. The molecule has 1 saturated heterocycles. The number of hydrogen-bond donors (Lipinski definition) is 2. The molecule has 0 aliphatic carbocycles. The first-order valence-electron chi connectivity index (χ1n) is 7.03. The second kappa shape index (κ2) is 6.87. The van der Waals surface area contributed by atoms with Gasteiger partial charge in [-0.3, -0.25) is 4.90 Å². The standard InChI is InChI=1S/C15H23FN2O/c1-17-7-4-12-5-8-18(9-6-12)11-13-10-14(16)2-3-15(13)19/h2-3,10,12,17,19H,4-9,11H2,1H3. The van der Waals surface area contributed by atoms with Crippen LogP contribution in [0.1, 0.15) is 24.8 Å². The van der Waals surface area contributed by atoms with Gasteiger partial charge in [0.25, 0.3) is 0 Å². The molecule has 1 aromatic carbocycles. The van der Waals surface area contributed by atoms with E-state index in [1.165, 1.54) is 37.5 Å². The Kier molecular flexibility index (Phi) is 5.16. The maximum absolute atomic E-state index is 13.2. The zero-order valence-corrected chi connectivity index (χ0v) is 11.5. The van der Waals surface area contributed by atoms with E-state index in [2.05, 4.69) is 10.2 Å². The molecule has 1 aliphatic heterocycles. The maximum Gasteiger partial charge on any atom is 0.123 e. The van der Waals surface area contributed by atoms with Crippen LogP contribution in [-0.4, -0.2) is 36.7 Å². The third-order valence-corrected chi connectivity index (χ3v) is 3.95. The number of nitrogens with one attached hydrogen (secondary N) is 1. The molecule has 0 amide bonds. The van der Waals surface area contributed by atoms with Gasteiger partial charge >= 0.3 is 0 Å². The number of halogens is 1. The average molecular weight is 266 g/mol. The van der Waals surface area contributed by atoms with Crippen LogP contribution in [0.3, 0.4) is 0 Å². The van der Waals surface area contributed by atoms with E-state index in [0.29, 0.717) is 12.1 Å². The summed E-state index contributed by atoms with van der Waals surface area (Å²) in [5.41, 5.74) is 0.689. The number of phenols is 1. The molecule has 0 atom stereocenters. The Morgan fingerprint density at radius 1 is 1.37 bits per heavy atom. The predicted molar refractivity (Wildman–Crippen MR) is 74.6 cm³/mol. The number of rotatable bonds is 5. The molecule has 1 heterocycles. The summed E-state index contributed by atoms with van der Waals surface area (Å²) < 4.78 is 13.2. The van der Waals surface area contributed by atoms with Gasteiger partial charge in [-0.25, -0.2) is 4.39 Å². The minimum absolute atomic E-state index is 0.193. The van der Waals surface area contributed by atoms with E-state index in [-0.39, 0.29) is 11.6 Å². The lowest BCUT2D eigenvalue weighted by Gasteiger charge is -2.32. The lowest BCUT2D eigenvalue weighted by Crippen LogP contribution is -2.34. The van der Waals surface area contributed by atoms with Crippen LogP contribution in [0.15, 0.2) is 18.2 Å². The van der Waals surface area contributed by atoms with Crippen molar-refractivity contribution in [2.24, 2.45) is 5.92 Å². The van der Waals surface area contributed by atoms with Crippen molar-refractivity contribution in [1.82, 2.24) is 10.2 Å². The second-order valence-electron chi connectivity index (χ2n) is 5.38. The van der Waals surface area contributed by atoms with E-state index in [1.807, 2.05) is 7.05 Å². The Balaban J connectivity index is 1.83.